The van der Waals surface area contributed by atoms with E-state index in [1.54, 1.807) is 0 Å². The summed E-state index contributed by atoms with van der Waals surface area (Å²) in [6, 6.07) is 7.11. The molecule has 0 spiro atoms. The first-order chi connectivity index (χ1) is 8.19. The minimum Gasteiger partial charge on any atom is -0.490 e. The van der Waals surface area contributed by atoms with Crippen LogP contribution in [-0.2, 0) is 6.42 Å². The van der Waals surface area contributed by atoms with Crippen molar-refractivity contribution >= 4 is 0 Å². The lowest BCUT2D eigenvalue weighted by atomic mass is 10.0. The van der Waals surface area contributed by atoms with Gasteiger partial charge in [-0.1, -0.05) is 17.7 Å². The molecule has 0 saturated heterocycles. The van der Waals surface area contributed by atoms with E-state index in [2.05, 4.69) is 37.4 Å². The maximum Gasteiger partial charge on any atom is 0.123 e. The number of nitrogens with one attached hydrogen (secondary N) is 1. The van der Waals surface area contributed by atoms with Gasteiger partial charge in [-0.2, -0.15) is 0 Å². The van der Waals surface area contributed by atoms with Crippen LogP contribution >= 0.6 is 0 Å². The zero-order chi connectivity index (χ0) is 12.3. The molecule has 1 aromatic carbocycles. The molecule has 1 heterocycles. The smallest absolute Gasteiger partial charge is 0.123 e. The number of hydrogen-bond acceptors (Lipinski definition) is 2. The van der Waals surface area contributed by atoms with Gasteiger partial charge in [0.1, 0.15) is 11.9 Å². The van der Waals surface area contributed by atoms with Gasteiger partial charge in [-0.25, -0.2) is 0 Å². The molecule has 0 saturated carbocycles. The largest absolute Gasteiger partial charge is 0.490 e. The molecule has 0 aromatic heterocycles. The topological polar surface area (TPSA) is 21.3 Å². The van der Waals surface area contributed by atoms with Crippen LogP contribution in [0.4, 0.5) is 0 Å². The lowest BCUT2D eigenvalue weighted by molar-refractivity contribution is 0.215. The van der Waals surface area contributed by atoms with Crippen LogP contribution in [0.3, 0.4) is 0 Å². The zero-order valence-electron chi connectivity index (χ0n) is 11.1. The average Bonchev–Trinajstić information content (AvgIpc) is 2.70. The molecular weight excluding hydrogens is 210 g/mol. The molecule has 2 atom stereocenters. The normalized spacial score (nSPS) is 19.8. The molecule has 2 heteroatoms. The third-order valence-corrected chi connectivity index (χ3v) is 3.61. The van der Waals surface area contributed by atoms with Crippen LogP contribution in [-0.4, -0.2) is 19.2 Å². The van der Waals surface area contributed by atoms with E-state index in [0.29, 0.717) is 12.1 Å². The van der Waals surface area contributed by atoms with Crippen molar-refractivity contribution in [1.82, 2.24) is 5.32 Å². The summed E-state index contributed by atoms with van der Waals surface area (Å²) < 4.78 is 5.96. The van der Waals surface area contributed by atoms with Gasteiger partial charge >= 0.3 is 0 Å². The van der Waals surface area contributed by atoms with E-state index in [4.69, 9.17) is 4.74 Å². The molecule has 2 nitrogen and oxygen atoms in total. The lowest BCUT2D eigenvalue weighted by Crippen LogP contribution is -2.22. The molecule has 2 unspecified atom stereocenters. The molecule has 1 aliphatic rings. The molecule has 0 aliphatic carbocycles. The zero-order valence-corrected chi connectivity index (χ0v) is 11.1. The van der Waals surface area contributed by atoms with E-state index in [1.165, 1.54) is 30.4 Å². The Hall–Kier alpha value is -1.02. The maximum atomic E-state index is 5.96. The number of ether oxygens (including phenoxy) is 1. The van der Waals surface area contributed by atoms with Gasteiger partial charge in [0.05, 0.1) is 0 Å². The lowest BCUT2D eigenvalue weighted by Gasteiger charge is -2.13. The van der Waals surface area contributed by atoms with Crippen molar-refractivity contribution in [2.45, 2.75) is 51.7 Å². The Kier molecular flexibility index (Phi) is 4.06. The molecule has 0 bridgehead atoms. The molecule has 0 radical (unpaired) electrons. The monoisotopic (exact) mass is 233 g/mol. The van der Waals surface area contributed by atoms with Crippen LogP contribution in [0.5, 0.6) is 5.75 Å². The minimum absolute atomic E-state index is 0.399. The fourth-order valence-corrected chi connectivity index (χ4v) is 2.41. The molecular formula is C15H23NO. The first-order valence-electron chi connectivity index (χ1n) is 6.62. The Balaban J connectivity index is 1.80. The highest BCUT2D eigenvalue weighted by molar-refractivity contribution is 5.40. The van der Waals surface area contributed by atoms with Gasteiger partial charge in [0, 0.05) is 12.5 Å². The first-order valence-corrected chi connectivity index (χ1v) is 6.62. The predicted molar refractivity (Wildman–Crippen MR) is 71.7 cm³/mol. The third kappa shape index (κ3) is 3.22. The molecule has 94 valence electrons. The summed E-state index contributed by atoms with van der Waals surface area (Å²) in [6.45, 7) is 4.37. The SMILES string of the molecule is CNC(C)CCCC1Cc2cc(C)ccc2O1. The highest BCUT2D eigenvalue weighted by Crippen LogP contribution is 2.31. The van der Waals surface area contributed by atoms with Gasteiger partial charge < -0.3 is 10.1 Å². The van der Waals surface area contributed by atoms with Crippen molar-refractivity contribution in [3.8, 4) is 5.75 Å². The summed E-state index contributed by atoms with van der Waals surface area (Å²) in [7, 11) is 2.02. The fourth-order valence-electron chi connectivity index (χ4n) is 2.41. The van der Waals surface area contributed by atoms with E-state index in [-0.39, 0.29) is 0 Å². The molecule has 17 heavy (non-hydrogen) atoms. The van der Waals surface area contributed by atoms with Crippen LogP contribution in [0.25, 0.3) is 0 Å². The Morgan fingerprint density at radius 1 is 1.47 bits per heavy atom. The Labute approximate surface area is 104 Å². The predicted octanol–water partition coefficient (Wildman–Crippen LogP) is 3.08. The molecule has 0 amide bonds. The molecule has 1 aliphatic heterocycles. The molecule has 2 rings (SSSR count). The van der Waals surface area contributed by atoms with Crippen LogP contribution < -0.4 is 10.1 Å². The Morgan fingerprint density at radius 3 is 3.06 bits per heavy atom. The fraction of sp³-hybridized carbons (Fsp3) is 0.600. The van der Waals surface area contributed by atoms with E-state index in [9.17, 15) is 0 Å². The number of fused-ring (bicyclic) bond motifs is 1. The third-order valence-electron chi connectivity index (χ3n) is 3.61. The average molecular weight is 233 g/mol. The van der Waals surface area contributed by atoms with Gasteiger partial charge in [-0.3, -0.25) is 0 Å². The van der Waals surface area contributed by atoms with Crippen molar-refractivity contribution in [3.63, 3.8) is 0 Å². The van der Waals surface area contributed by atoms with Gasteiger partial charge in [-0.05, 0) is 51.8 Å². The van der Waals surface area contributed by atoms with Crippen LogP contribution in [0.2, 0.25) is 0 Å². The quantitative estimate of drug-likeness (QED) is 0.844. The van der Waals surface area contributed by atoms with Crippen molar-refractivity contribution in [2.24, 2.45) is 0 Å². The summed E-state index contributed by atoms with van der Waals surface area (Å²) in [4.78, 5) is 0. The number of benzene rings is 1. The van der Waals surface area contributed by atoms with Gasteiger partial charge in [0.2, 0.25) is 0 Å². The van der Waals surface area contributed by atoms with Gasteiger partial charge in [0.15, 0.2) is 0 Å². The van der Waals surface area contributed by atoms with Crippen LogP contribution in [0.1, 0.15) is 37.3 Å². The number of hydrogen-bond donors (Lipinski definition) is 1. The summed E-state index contributed by atoms with van der Waals surface area (Å²) in [6.07, 6.45) is 5.12. The standard InChI is InChI=1S/C15H23NO/c1-11-7-8-15-13(9-11)10-14(17-15)6-4-5-12(2)16-3/h7-9,12,14,16H,4-6,10H2,1-3H3. The minimum atomic E-state index is 0.399. The van der Waals surface area contributed by atoms with Crippen molar-refractivity contribution in [2.75, 3.05) is 7.05 Å². The summed E-state index contributed by atoms with van der Waals surface area (Å²) in [5, 5.41) is 3.27. The summed E-state index contributed by atoms with van der Waals surface area (Å²) in [5.74, 6) is 1.10. The summed E-state index contributed by atoms with van der Waals surface area (Å²) in [5.41, 5.74) is 2.72. The first kappa shape index (κ1) is 12.4. The summed E-state index contributed by atoms with van der Waals surface area (Å²) >= 11 is 0. The number of rotatable bonds is 5. The van der Waals surface area contributed by atoms with E-state index in [0.717, 1.165) is 12.2 Å². The number of aryl methyl sites for hydroxylation is 1. The molecule has 1 aromatic rings. The Morgan fingerprint density at radius 2 is 2.29 bits per heavy atom. The van der Waals surface area contributed by atoms with Crippen LogP contribution in [0, 0.1) is 6.92 Å². The van der Waals surface area contributed by atoms with Crippen molar-refractivity contribution in [1.29, 1.82) is 0 Å². The van der Waals surface area contributed by atoms with Gasteiger partial charge in [-0.15, -0.1) is 0 Å². The highest BCUT2D eigenvalue weighted by Gasteiger charge is 2.22. The second-order valence-corrected chi connectivity index (χ2v) is 5.18. The second kappa shape index (κ2) is 5.54. The van der Waals surface area contributed by atoms with E-state index < -0.39 is 0 Å². The van der Waals surface area contributed by atoms with E-state index in [1.807, 2.05) is 7.05 Å². The highest BCUT2D eigenvalue weighted by atomic mass is 16.5. The maximum absolute atomic E-state index is 5.96. The van der Waals surface area contributed by atoms with Crippen LogP contribution in [0.15, 0.2) is 18.2 Å². The Bertz CT molecular complexity index is 375. The van der Waals surface area contributed by atoms with Crippen molar-refractivity contribution in [3.05, 3.63) is 29.3 Å². The van der Waals surface area contributed by atoms with Crippen molar-refractivity contribution < 1.29 is 4.74 Å². The molecule has 0 fully saturated rings. The van der Waals surface area contributed by atoms with E-state index >= 15 is 0 Å². The van der Waals surface area contributed by atoms with Gasteiger partial charge in [0.25, 0.3) is 0 Å². The second-order valence-electron chi connectivity index (χ2n) is 5.18. The molecule has 1 N–H and O–H groups in total.